The highest BCUT2D eigenvalue weighted by Crippen LogP contribution is 2.22. The van der Waals surface area contributed by atoms with Crippen LogP contribution in [0.15, 0.2) is 0 Å². The van der Waals surface area contributed by atoms with Crippen LogP contribution in [-0.2, 0) is 38.4 Å². The molecule has 49 heavy (non-hydrogen) atoms. The maximum atomic E-state index is 13.7. The van der Waals surface area contributed by atoms with Crippen LogP contribution in [0.5, 0.6) is 0 Å². The van der Waals surface area contributed by atoms with Crippen molar-refractivity contribution >= 4 is 47.3 Å². The molecule has 7 atom stereocenters. The number of nitrogens with two attached hydrogens (primary N) is 2. The summed E-state index contributed by atoms with van der Waals surface area (Å²) >= 11 is 0. The molecule has 2 saturated heterocycles. The second-order valence-electron chi connectivity index (χ2n) is 13.7. The highest BCUT2D eigenvalue weighted by Gasteiger charge is 2.41. The summed E-state index contributed by atoms with van der Waals surface area (Å²) in [6, 6.07) is -7.07. The average molecular weight is 695 g/mol. The van der Waals surface area contributed by atoms with E-state index < -0.39 is 89.6 Å². The molecule has 0 bridgehead atoms. The summed E-state index contributed by atoms with van der Waals surface area (Å²) in [5.74, 6) is -5.59. The van der Waals surface area contributed by atoms with Crippen LogP contribution in [0, 0.1) is 11.8 Å². The van der Waals surface area contributed by atoms with E-state index in [1.54, 1.807) is 13.8 Å². The summed E-state index contributed by atoms with van der Waals surface area (Å²) < 4.78 is 0. The second-order valence-corrected chi connectivity index (χ2v) is 13.7. The number of amides is 7. The van der Waals surface area contributed by atoms with Gasteiger partial charge in [0.15, 0.2) is 0 Å². The zero-order chi connectivity index (χ0) is 37.2. The first kappa shape index (κ1) is 40.9. The molecule has 17 nitrogen and oxygen atoms in total. The van der Waals surface area contributed by atoms with Gasteiger partial charge in [0.05, 0.1) is 6.04 Å². The fraction of sp³-hybridized carbons (Fsp3) is 0.750. The van der Waals surface area contributed by atoms with E-state index in [2.05, 4.69) is 21.3 Å². The number of carbonyl (C=O) groups is 8. The fourth-order valence-corrected chi connectivity index (χ4v) is 5.91. The van der Waals surface area contributed by atoms with Crippen molar-refractivity contribution in [2.24, 2.45) is 23.3 Å². The molecule has 276 valence electrons. The van der Waals surface area contributed by atoms with Crippen molar-refractivity contribution in [1.29, 1.82) is 0 Å². The van der Waals surface area contributed by atoms with Crippen LogP contribution >= 0.6 is 0 Å². The third-order valence-corrected chi connectivity index (χ3v) is 8.79. The summed E-state index contributed by atoms with van der Waals surface area (Å²) in [5.41, 5.74) is 11.0. The Morgan fingerprint density at radius 1 is 0.714 bits per heavy atom. The maximum Gasteiger partial charge on any atom is 0.326 e. The highest BCUT2D eigenvalue weighted by molar-refractivity contribution is 5.97. The number of carboxylic acids is 1. The number of aliphatic carboxylic acids is 1. The van der Waals surface area contributed by atoms with Crippen molar-refractivity contribution in [3.63, 3.8) is 0 Å². The number of likely N-dealkylation sites (tertiary alicyclic amines) is 2. The number of hydrogen-bond acceptors (Lipinski definition) is 9. The molecule has 7 amide bonds. The van der Waals surface area contributed by atoms with E-state index >= 15 is 0 Å². The van der Waals surface area contributed by atoms with Crippen LogP contribution in [0.1, 0.15) is 86.5 Å². The standard InChI is InChI=1S/C32H54N8O9/c1-16(2)15-21(31(47)40-14-8-10-23(40)28(44)37-20(32(48)49)11-12-24(33)41)38-26(42)18(5)35-27(43)22-9-7-13-39(22)30(46)19(6)36-29(45)25(34)17(3)4/h16-23,25H,7-15,34H2,1-6H3,(H2,33,41)(H,35,43)(H,36,45)(H,37,44)(H,38,42)(H,48,49)/t18-,19-,20-,21-,22-,23-,25-/m0/s1. The normalized spacial score (nSPS) is 20.6. The molecule has 2 rings (SSSR count). The van der Waals surface area contributed by atoms with Gasteiger partial charge in [0.1, 0.15) is 36.3 Å². The molecular weight excluding hydrogens is 640 g/mol. The summed E-state index contributed by atoms with van der Waals surface area (Å²) in [4.78, 5) is 104. The van der Waals surface area contributed by atoms with Crippen LogP contribution in [-0.4, -0.2) is 118 Å². The van der Waals surface area contributed by atoms with Gasteiger partial charge in [-0.3, -0.25) is 33.6 Å². The van der Waals surface area contributed by atoms with Crippen LogP contribution in [0.2, 0.25) is 0 Å². The minimum Gasteiger partial charge on any atom is -0.480 e. The van der Waals surface area contributed by atoms with Gasteiger partial charge >= 0.3 is 5.97 Å². The summed E-state index contributed by atoms with van der Waals surface area (Å²) in [7, 11) is 0. The van der Waals surface area contributed by atoms with Crippen LogP contribution in [0.3, 0.4) is 0 Å². The van der Waals surface area contributed by atoms with Gasteiger partial charge in [-0.15, -0.1) is 0 Å². The number of carboxylic acid groups (broad SMARTS) is 1. The van der Waals surface area contributed by atoms with Gasteiger partial charge in [0.25, 0.3) is 0 Å². The first-order chi connectivity index (χ1) is 22.8. The zero-order valence-electron chi connectivity index (χ0n) is 29.3. The summed E-state index contributed by atoms with van der Waals surface area (Å²) in [6.45, 7) is 10.8. The Bertz CT molecular complexity index is 1260. The van der Waals surface area contributed by atoms with E-state index in [1.165, 1.54) is 23.6 Å². The predicted octanol–water partition coefficient (Wildman–Crippen LogP) is -1.67. The lowest BCUT2D eigenvalue weighted by atomic mass is 10.0. The Hall–Kier alpha value is -4.28. The molecule has 17 heteroatoms. The van der Waals surface area contributed by atoms with E-state index in [1.807, 2.05) is 13.8 Å². The fourth-order valence-electron chi connectivity index (χ4n) is 5.91. The van der Waals surface area contributed by atoms with Crippen molar-refractivity contribution < 1.29 is 43.5 Å². The zero-order valence-corrected chi connectivity index (χ0v) is 29.3. The topological polar surface area (TPSA) is 263 Å². The third-order valence-electron chi connectivity index (χ3n) is 8.79. The van der Waals surface area contributed by atoms with Gasteiger partial charge in [0, 0.05) is 19.5 Å². The lowest BCUT2D eigenvalue weighted by Gasteiger charge is -2.31. The molecule has 0 aromatic heterocycles. The minimum absolute atomic E-state index is 0.0464. The largest absolute Gasteiger partial charge is 0.480 e. The number of carbonyl (C=O) groups excluding carboxylic acids is 7. The lowest BCUT2D eigenvalue weighted by Crippen LogP contribution is -2.59. The van der Waals surface area contributed by atoms with E-state index in [0.717, 1.165) is 0 Å². The van der Waals surface area contributed by atoms with Gasteiger partial charge in [-0.05, 0) is 64.2 Å². The average Bonchev–Trinajstić information content (AvgIpc) is 3.71. The molecule has 0 aliphatic carbocycles. The van der Waals surface area contributed by atoms with Crippen molar-refractivity contribution in [2.75, 3.05) is 13.1 Å². The molecule has 2 fully saturated rings. The monoisotopic (exact) mass is 694 g/mol. The minimum atomic E-state index is -1.37. The second kappa shape index (κ2) is 18.5. The summed E-state index contributed by atoms with van der Waals surface area (Å²) in [6.07, 6.45) is 1.42. The molecule has 0 aromatic rings. The molecule has 0 radical (unpaired) electrons. The van der Waals surface area contributed by atoms with Crippen molar-refractivity contribution in [2.45, 2.75) is 129 Å². The number of hydrogen-bond donors (Lipinski definition) is 7. The van der Waals surface area contributed by atoms with E-state index in [4.69, 9.17) is 11.5 Å². The molecule has 0 saturated carbocycles. The van der Waals surface area contributed by atoms with Crippen molar-refractivity contribution in [3.8, 4) is 0 Å². The predicted molar refractivity (Wildman–Crippen MR) is 177 cm³/mol. The van der Waals surface area contributed by atoms with Crippen molar-refractivity contribution in [1.82, 2.24) is 31.1 Å². The molecule has 2 aliphatic heterocycles. The van der Waals surface area contributed by atoms with Gasteiger partial charge in [-0.25, -0.2) is 4.79 Å². The summed E-state index contributed by atoms with van der Waals surface area (Å²) in [5, 5.41) is 19.8. The van der Waals surface area contributed by atoms with Crippen LogP contribution < -0.4 is 32.7 Å². The smallest absolute Gasteiger partial charge is 0.326 e. The maximum absolute atomic E-state index is 13.7. The molecular formula is C32H54N8O9. The first-order valence-electron chi connectivity index (χ1n) is 16.9. The Balaban J connectivity index is 2.07. The Kier molecular flexibility index (Phi) is 15.4. The number of rotatable bonds is 17. The Morgan fingerprint density at radius 2 is 1.24 bits per heavy atom. The molecule has 0 aromatic carbocycles. The van der Waals surface area contributed by atoms with E-state index in [9.17, 15) is 43.5 Å². The molecule has 0 unspecified atom stereocenters. The lowest BCUT2D eigenvalue weighted by molar-refractivity contribution is -0.145. The number of primary amides is 1. The van der Waals surface area contributed by atoms with E-state index in [0.29, 0.717) is 25.8 Å². The molecule has 2 aliphatic rings. The Morgan fingerprint density at radius 3 is 1.73 bits per heavy atom. The SMILES string of the molecule is CC(C)C[C@H](NC(=O)[C@H](C)NC(=O)[C@@H]1CCCN1C(=O)[C@H](C)NC(=O)[C@@H](N)C(C)C)C(=O)N1CCC[C@H]1C(=O)N[C@@H](CCC(N)=O)C(=O)O. The van der Waals surface area contributed by atoms with Crippen LogP contribution in [0.25, 0.3) is 0 Å². The highest BCUT2D eigenvalue weighted by atomic mass is 16.4. The molecule has 0 spiro atoms. The third kappa shape index (κ3) is 11.7. The molecule has 9 N–H and O–H groups in total. The number of nitrogens with zero attached hydrogens (tertiary/aromatic N) is 2. The van der Waals surface area contributed by atoms with Gasteiger partial charge in [0.2, 0.25) is 41.4 Å². The Labute approximate surface area is 287 Å². The molecule has 2 heterocycles. The number of nitrogens with one attached hydrogen (secondary N) is 4. The van der Waals surface area contributed by atoms with Gasteiger partial charge in [-0.1, -0.05) is 27.7 Å². The van der Waals surface area contributed by atoms with Gasteiger partial charge < -0.3 is 47.6 Å². The van der Waals surface area contributed by atoms with E-state index in [-0.39, 0.29) is 44.1 Å². The van der Waals surface area contributed by atoms with Crippen LogP contribution in [0.4, 0.5) is 0 Å². The quantitative estimate of drug-likeness (QED) is 0.0910. The van der Waals surface area contributed by atoms with Crippen molar-refractivity contribution in [3.05, 3.63) is 0 Å². The van der Waals surface area contributed by atoms with Gasteiger partial charge in [-0.2, -0.15) is 0 Å². The first-order valence-corrected chi connectivity index (χ1v) is 16.9.